The number of nitrogens with zero attached hydrogens (tertiary/aromatic N) is 2. The van der Waals surface area contributed by atoms with Crippen molar-refractivity contribution in [1.82, 2.24) is 9.03 Å². The number of amides is 2. The first-order valence-electron chi connectivity index (χ1n) is 12.4. The van der Waals surface area contributed by atoms with Crippen molar-refractivity contribution in [3.8, 4) is 6.07 Å². The Bertz CT molecular complexity index is 1510. The normalized spacial score (nSPS) is 19.5. The standard InChI is InChI=1S/C26H28N4O5S2/c27-17-20-6-1-2-12-24(20)37(34,35)30-14-5-9-21(30)13-15-36(32,33)29-26(31)28-25-22-10-3-7-18(22)16-19-8-4-11-23(19)25/h1-2,6,12-13,15-16,21H,3-5,7-11,14H2,(H2,28,29,31)/b15-13+. The Morgan fingerprint density at radius 3 is 2.35 bits per heavy atom. The van der Waals surface area contributed by atoms with Gasteiger partial charge in [0.05, 0.1) is 10.5 Å². The average molecular weight is 541 g/mol. The molecule has 1 aliphatic heterocycles. The minimum Gasteiger partial charge on any atom is -0.307 e. The lowest BCUT2D eigenvalue weighted by Gasteiger charge is -2.22. The van der Waals surface area contributed by atoms with Crippen LogP contribution >= 0.6 is 0 Å². The molecule has 0 spiro atoms. The van der Waals surface area contributed by atoms with Crippen molar-refractivity contribution in [1.29, 1.82) is 5.26 Å². The first kappa shape index (κ1) is 25.4. The molecule has 37 heavy (non-hydrogen) atoms. The van der Waals surface area contributed by atoms with Gasteiger partial charge in [-0.3, -0.25) is 0 Å². The van der Waals surface area contributed by atoms with Crippen LogP contribution in [0.5, 0.6) is 0 Å². The Kier molecular flexibility index (Phi) is 6.83. The second kappa shape index (κ2) is 9.93. The van der Waals surface area contributed by atoms with Crippen LogP contribution in [0.2, 0.25) is 0 Å². The fourth-order valence-corrected chi connectivity index (χ4v) is 8.19. The first-order chi connectivity index (χ1) is 17.7. The third-order valence-corrected chi connectivity index (χ3v) is 10.2. The number of urea groups is 1. The second-order valence-corrected chi connectivity index (χ2v) is 13.0. The van der Waals surface area contributed by atoms with E-state index in [-0.39, 0.29) is 17.0 Å². The lowest BCUT2D eigenvalue weighted by molar-refractivity contribution is 0.256. The molecule has 9 nitrogen and oxygen atoms in total. The Morgan fingerprint density at radius 1 is 1.00 bits per heavy atom. The number of aryl methyl sites for hydroxylation is 2. The van der Waals surface area contributed by atoms with E-state index in [1.165, 1.54) is 33.6 Å². The molecule has 11 heteroatoms. The minimum atomic E-state index is -4.18. The zero-order valence-electron chi connectivity index (χ0n) is 20.2. The van der Waals surface area contributed by atoms with Crippen LogP contribution in [0.3, 0.4) is 0 Å². The predicted molar refractivity (Wildman–Crippen MR) is 139 cm³/mol. The van der Waals surface area contributed by atoms with Gasteiger partial charge in [-0.05, 0) is 85.8 Å². The van der Waals surface area contributed by atoms with Gasteiger partial charge in [-0.15, -0.1) is 0 Å². The number of hydrogen-bond acceptors (Lipinski definition) is 6. The van der Waals surface area contributed by atoms with Crippen LogP contribution in [0.1, 0.15) is 53.5 Å². The molecule has 5 rings (SSSR count). The van der Waals surface area contributed by atoms with Crippen LogP contribution in [0.25, 0.3) is 0 Å². The molecule has 0 radical (unpaired) electrons. The van der Waals surface area contributed by atoms with Crippen molar-refractivity contribution in [2.45, 2.75) is 62.3 Å². The Morgan fingerprint density at radius 2 is 1.68 bits per heavy atom. The highest BCUT2D eigenvalue weighted by Crippen LogP contribution is 2.38. The van der Waals surface area contributed by atoms with E-state index in [0.717, 1.165) is 60.7 Å². The smallest absolute Gasteiger partial charge is 0.307 e. The van der Waals surface area contributed by atoms with Gasteiger partial charge in [0.2, 0.25) is 10.0 Å². The van der Waals surface area contributed by atoms with Crippen LogP contribution in [0, 0.1) is 11.3 Å². The number of rotatable bonds is 6. The molecule has 3 aliphatic rings. The molecule has 1 saturated heterocycles. The second-order valence-electron chi connectivity index (χ2n) is 9.60. The quantitative estimate of drug-likeness (QED) is 0.577. The van der Waals surface area contributed by atoms with Gasteiger partial charge in [0, 0.05) is 23.7 Å². The molecule has 194 valence electrons. The molecule has 0 saturated carbocycles. The summed E-state index contributed by atoms with van der Waals surface area (Å²) in [7, 11) is -8.19. The van der Waals surface area contributed by atoms with Crippen molar-refractivity contribution >= 4 is 31.8 Å². The van der Waals surface area contributed by atoms with E-state index in [2.05, 4.69) is 11.4 Å². The van der Waals surface area contributed by atoms with Crippen LogP contribution < -0.4 is 10.0 Å². The lowest BCUT2D eigenvalue weighted by atomic mass is 9.99. The van der Waals surface area contributed by atoms with Gasteiger partial charge >= 0.3 is 6.03 Å². The number of hydrogen-bond donors (Lipinski definition) is 2. The zero-order valence-corrected chi connectivity index (χ0v) is 21.9. The van der Waals surface area contributed by atoms with Gasteiger partial charge in [0.25, 0.3) is 10.0 Å². The number of carbonyl (C=O) groups is 1. The van der Waals surface area contributed by atoms with Gasteiger partial charge in [-0.2, -0.15) is 9.57 Å². The highest BCUT2D eigenvalue weighted by molar-refractivity contribution is 7.93. The third-order valence-electron chi connectivity index (χ3n) is 7.27. The molecule has 0 aromatic heterocycles. The summed E-state index contributed by atoms with van der Waals surface area (Å²) in [6, 6.07) is 8.49. The molecule has 1 fully saturated rings. The molecule has 2 aromatic carbocycles. The summed E-state index contributed by atoms with van der Waals surface area (Å²) in [5, 5.41) is 13.0. The Labute approximate surface area is 217 Å². The van der Waals surface area contributed by atoms with Crippen molar-refractivity contribution in [3.63, 3.8) is 0 Å². The average Bonchev–Trinajstić information content (AvgIpc) is 3.62. The van der Waals surface area contributed by atoms with Crippen molar-refractivity contribution in [2.75, 3.05) is 11.9 Å². The van der Waals surface area contributed by atoms with Gasteiger partial charge < -0.3 is 5.32 Å². The summed E-state index contributed by atoms with van der Waals surface area (Å²) in [6.07, 6.45) is 7.89. The number of benzene rings is 2. The Hall–Kier alpha value is -3.20. The summed E-state index contributed by atoms with van der Waals surface area (Å²) < 4.78 is 55.1. The van der Waals surface area contributed by atoms with Crippen LogP contribution in [0.15, 0.2) is 46.7 Å². The van der Waals surface area contributed by atoms with E-state index in [9.17, 15) is 26.9 Å². The number of anilines is 1. The third kappa shape index (κ3) is 5.01. The summed E-state index contributed by atoms with van der Waals surface area (Å²) in [5.41, 5.74) is 5.39. The van der Waals surface area contributed by atoms with Crippen molar-refractivity contribution in [3.05, 3.63) is 69.6 Å². The van der Waals surface area contributed by atoms with Gasteiger partial charge in [-0.1, -0.05) is 24.3 Å². The van der Waals surface area contributed by atoms with E-state index >= 15 is 0 Å². The zero-order chi connectivity index (χ0) is 26.2. The fraction of sp³-hybridized carbons (Fsp3) is 0.385. The van der Waals surface area contributed by atoms with E-state index in [1.807, 2.05) is 10.8 Å². The maximum atomic E-state index is 13.2. The summed E-state index contributed by atoms with van der Waals surface area (Å²) in [4.78, 5) is 12.6. The van der Waals surface area contributed by atoms with Crippen molar-refractivity contribution in [2.24, 2.45) is 0 Å². The number of sulfonamides is 2. The molecule has 2 aromatic rings. The highest BCUT2D eigenvalue weighted by atomic mass is 32.2. The maximum Gasteiger partial charge on any atom is 0.333 e. The molecule has 1 heterocycles. The molecular weight excluding hydrogens is 512 g/mol. The van der Waals surface area contributed by atoms with E-state index in [4.69, 9.17) is 0 Å². The molecular formula is C26H28N4O5S2. The summed E-state index contributed by atoms with van der Waals surface area (Å²) in [6.45, 7) is 0.204. The highest BCUT2D eigenvalue weighted by Gasteiger charge is 2.35. The number of nitriles is 1. The molecule has 0 bridgehead atoms. The monoisotopic (exact) mass is 540 g/mol. The lowest BCUT2D eigenvalue weighted by Crippen LogP contribution is -2.36. The first-order valence-corrected chi connectivity index (χ1v) is 15.4. The number of nitrogens with one attached hydrogen (secondary N) is 2. The number of carbonyl (C=O) groups excluding carboxylic acids is 1. The van der Waals surface area contributed by atoms with E-state index < -0.39 is 32.1 Å². The molecule has 1 atom stereocenters. The number of fused-ring (bicyclic) bond motifs is 2. The Balaban J connectivity index is 1.31. The molecule has 2 N–H and O–H groups in total. The molecule has 1 unspecified atom stereocenters. The van der Waals surface area contributed by atoms with Gasteiger partial charge in [-0.25, -0.2) is 26.4 Å². The van der Waals surface area contributed by atoms with Gasteiger partial charge in [0.1, 0.15) is 6.07 Å². The summed E-state index contributed by atoms with van der Waals surface area (Å²) in [5.74, 6) is 0. The van der Waals surface area contributed by atoms with Gasteiger partial charge in [0.15, 0.2) is 0 Å². The maximum absolute atomic E-state index is 13.2. The van der Waals surface area contributed by atoms with Crippen LogP contribution in [-0.2, 0) is 45.7 Å². The fourth-order valence-electron chi connectivity index (χ4n) is 5.63. The largest absolute Gasteiger partial charge is 0.333 e. The topological polar surface area (TPSA) is 136 Å². The minimum absolute atomic E-state index is 0.0296. The van der Waals surface area contributed by atoms with E-state index in [0.29, 0.717) is 12.8 Å². The predicted octanol–water partition coefficient (Wildman–Crippen LogP) is 3.35. The molecule has 2 aliphatic carbocycles. The SMILES string of the molecule is N#Cc1ccccc1S(=O)(=O)N1CCCC1/C=C/S(=O)(=O)NC(=O)Nc1c2c(cc3c1CCC3)CCC2. The van der Waals surface area contributed by atoms with E-state index in [1.54, 1.807) is 12.1 Å². The summed E-state index contributed by atoms with van der Waals surface area (Å²) >= 11 is 0. The van der Waals surface area contributed by atoms with Crippen molar-refractivity contribution < 1.29 is 21.6 Å². The molecule has 2 amide bonds. The van der Waals surface area contributed by atoms with Crippen LogP contribution in [0.4, 0.5) is 10.5 Å². The van der Waals surface area contributed by atoms with Crippen LogP contribution in [-0.4, -0.2) is 39.8 Å².